The molecule has 4 heterocycles. The van der Waals surface area contributed by atoms with Crippen molar-refractivity contribution in [2.45, 2.75) is 328 Å². The Morgan fingerprint density at radius 3 is 1.52 bits per heavy atom. The molecule has 8 saturated carbocycles. The van der Waals surface area contributed by atoms with Crippen LogP contribution in [0, 0.1) is 68.0 Å². The lowest BCUT2D eigenvalue weighted by Crippen LogP contribution is -2.61. The Morgan fingerprint density at radius 2 is 1.07 bits per heavy atom. The van der Waals surface area contributed by atoms with Crippen LogP contribution in [-0.4, -0.2) is 118 Å². The van der Waals surface area contributed by atoms with Gasteiger partial charge in [-0.2, -0.15) is 13.2 Å². The number of rotatable bonds is 25. The maximum absolute atomic E-state index is 13.3. The summed E-state index contributed by atoms with van der Waals surface area (Å²) in [7, 11) is -5.29. The number of esters is 5. The number of aromatic hydroxyl groups is 1. The Hall–Kier alpha value is -7.54. The largest absolute Gasteiger partial charge is 0.748 e. The molecule has 9 unspecified atom stereocenters. The number of halogens is 3. The molecule has 4 aromatic carbocycles. The monoisotopic (exact) mass is 1710 g/mol. The third kappa shape index (κ3) is 23.7. The molecule has 9 atom stereocenters. The Bertz CT molecular complexity index is 4260. The fourth-order valence-electron chi connectivity index (χ4n) is 18.4. The minimum atomic E-state index is -5.27. The van der Waals surface area contributed by atoms with Crippen molar-refractivity contribution in [3.8, 4) is 11.5 Å². The van der Waals surface area contributed by atoms with E-state index in [1.165, 1.54) is 77.5 Å². The quantitative estimate of drug-likeness (QED) is 0.0238. The van der Waals surface area contributed by atoms with Gasteiger partial charge in [0.2, 0.25) is 12.0 Å². The number of hydrogen-bond acceptors (Lipinski definition) is 18. The summed E-state index contributed by atoms with van der Waals surface area (Å²) < 4.78 is 112. The second kappa shape index (κ2) is 38.7. The molecular formula is C96H133F3N2O17S2. The molecule has 11 aliphatic rings. The molecule has 0 spiro atoms. The van der Waals surface area contributed by atoms with Gasteiger partial charge in [-0.05, 0) is 287 Å². The molecule has 1 aromatic heterocycles. The number of carbonyl (C=O) groups excluding carboxylic acids is 6. The van der Waals surface area contributed by atoms with Gasteiger partial charge in [-0.25, -0.2) is 13.4 Å². The number of ether oxygens (including phenoxy) is 7. The zero-order valence-electron chi connectivity index (χ0n) is 74.1. The van der Waals surface area contributed by atoms with Crippen LogP contribution in [0.1, 0.15) is 265 Å². The van der Waals surface area contributed by atoms with E-state index in [-0.39, 0.29) is 105 Å². The van der Waals surface area contributed by atoms with Crippen LogP contribution in [0.15, 0.2) is 148 Å². The number of benzene rings is 4. The van der Waals surface area contributed by atoms with E-state index in [0.29, 0.717) is 50.9 Å². The molecular weight excluding hydrogens is 1570 g/mol. The summed E-state index contributed by atoms with van der Waals surface area (Å²) in [6, 6.07) is 43.8. The average molecular weight is 1710 g/mol. The highest BCUT2D eigenvalue weighted by Crippen LogP contribution is 2.66. The smallest absolute Gasteiger partial charge is 0.426 e. The fourth-order valence-corrected chi connectivity index (χ4v) is 21.2. The van der Waals surface area contributed by atoms with Crippen LogP contribution in [0.25, 0.3) is 0 Å². The maximum Gasteiger partial charge on any atom is 0.426 e. The second-order valence-electron chi connectivity index (χ2n) is 38.9. The van der Waals surface area contributed by atoms with E-state index in [1.807, 2.05) is 62.3 Å². The van der Waals surface area contributed by atoms with Crippen molar-refractivity contribution >= 4 is 62.6 Å². The van der Waals surface area contributed by atoms with E-state index < -0.39 is 79.6 Å². The molecule has 1 amide bonds. The first-order chi connectivity index (χ1) is 56.0. The number of aromatic nitrogens is 1. The summed E-state index contributed by atoms with van der Waals surface area (Å²) in [4.78, 5) is 81.6. The summed E-state index contributed by atoms with van der Waals surface area (Å²) in [6.45, 7) is 37.9. The molecule has 24 heteroatoms. The first-order valence-electron chi connectivity index (χ1n) is 43.4. The van der Waals surface area contributed by atoms with Crippen LogP contribution in [0.5, 0.6) is 11.5 Å². The van der Waals surface area contributed by atoms with Crippen molar-refractivity contribution < 1.29 is 93.2 Å². The van der Waals surface area contributed by atoms with Crippen LogP contribution < -0.4 is 10.1 Å². The molecule has 2 N–H and O–H groups in total. The number of nitrogens with one attached hydrogen (secondary N) is 1. The number of fused-ring (bicyclic) bond motifs is 1. The molecule has 120 heavy (non-hydrogen) atoms. The lowest BCUT2D eigenvalue weighted by atomic mass is 9.46. The molecule has 3 aliphatic heterocycles. The maximum atomic E-state index is 13.3. The average Bonchev–Trinajstić information content (AvgIpc) is 1.03. The normalized spacial score (nSPS) is 26.5. The van der Waals surface area contributed by atoms with Gasteiger partial charge in [-0.3, -0.25) is 28.8 Å². The number of hydrogen-bond donors (Lipinski definition) is 2. The van der Waals surface area contributed by atoms with E-state index in [9.17, 15) is 60.0 Å². The van der Waals surface area contributed by atoms with Gasteiger partial charge in [0, 0.05) is 23.4 Å². The number of carbonyl (C=O) groups is 6. The third-order valence-electron chi connectivity index (χ3n) is 27.5. The van der Waals surface area contributed by atoms with Gasteiger partial charge in [0.05, 0.1) is 60.4 Å². The first-order valence-corrected chi connectivity index (χ1v) is 46.2. The Kier molecular flexibility index (Phi) is 31.1. The lowest BCUT2D eigenvalue weighted by molar-refractivity contribution is -0.239. The minimum Gasteiger partial charge on any atom is -0.748 e. The fraction of sp³-hybridized carbons (Fsp3) is 0.635. The minimum absolute atomic E-state index is 0.00100. The van der Waals surface area contributed by atoms with E-state index in [1.54, 1.807) is 19.9 Å². The van der Waals surface area contributed by atoms with Crippen LogP contribution in [-0.2, 0) is 78.2 Å². The van der Waals surface area contributed by atoms with Crippen LogP contribution >= 0.6 is 0 Å². The number of pyridine rings is 1. The van der Waals surface area contributed by atoms with E-state index in [0.717, 1.165) is 49.2 Å². The van der Waals surface area contributed by atoms with E-state index in [4.69, 9.17) is 28.4 Å². The summed E-state index contributed by atoms with van der Waals surface area (Å²) in [6.07, 6.45) is 8.43. The van der Waals surface area contributed by atoms with Crippen LogP contribution in [0.4, 0.5) is 19.0 Å². The molecule has 5 aromatic rings. The summed E-state index contributed by atoms with van der Waals surface area (Å²) in [5.74, 6) is 0.303. The van der Waals surface area contributed by atoms with Crippen molar-refractivity contribution in [2.24, 2.45) is 68.0 Å². The van der Waals surface area contributed by atoms with Gasteiger partial charge in [-0.15, -0.1) is 0 Å². The van der Waals surface area contributed by atoms with E-state index in [2.05, 4.69) is 186 Å². The molecule has 3 saturated heterocycles. The summed E-state index contributed by atoms with van der Waals surface area (Å²) in [5, 5.41) is 12.0. The van der Waals surface area contributed by atoms with Crippen molar-refractivity contribution in [1.29, 1.82) is 0 Å². The highest BCUT2D eigenvalue weighted by atomic mass is 32.2. The number of nitrogens with zero attached hydrogens (tertiary/aromatic N) is 1. The topological polar surface area (TPSA) is 269 Å². The second-order valence-corrected chi connectivity index (χ2v) is 42.4. The molecule has 19 nitrogen and oxygen atoms in total. The van der Waals surface area contributed by atoms with Gasteiger partial charge >= 0.3 is 36.0 Å². The lowest BCUT2D eigenvalue weighted by Gasteiger charge is -2.61. The molecule has 8 aliphatic carbocycles. The Labute approximate surface area is 714 Å². The molecule has 662 valence electrons. The highest BCUT2D eigenvalue weighted by Gasteiger charge is 2.67. The van der Waals surface area contributed by atoms with Crippen LogP contribution in [0.3, 0.4) is 0 Å². The van der Waals surface area contributed by atoms with Crippen molar-refractivity contribution in [3.05, 3.63) is 139 Å². The highest BCUT2D eigenvalue weighted by molar-refractivity contribution is 7.97. The number of amides is 1. The van der Waals surface area contributed by atoms with Gasteiger partial charge in [0.15, 0.2) is 38.5 Å². The molecule has 0 radical (unpaired) electrons. The predicted molar refractivity (Wildman–Crippen MR) is 456 cm³/mol. The molecule has 16 rings (SSSR count). The zero-order valence-corrected chi connectivity index (χ0v) is 75.8. The molecule has 11 fully saturated rings. The number of anilines is 1. The standard InChI is InChI=1S/C20H29F3O7S.C19H32O2.C18H15S.C15H24O.C13H18O5.C11H16N2O2/c1-4-17(2,3)15(24)30-19-8-12-5-13(9-19)7-18(6-12,11-19)16(25)29-14(20(21,22)23)10-31(26,27)28;1-6-17(2,3)16(20)21-18(4,5)19-10-13-7-14(11-19)9-15(8-13)12-19;1-4-10-16(11-5-1)19(17-12-6-2-7-13-17)18-14-8-3-9-15-18;1-6-12(3)13-8-10-14(11-9-13)16-15(4,5)7-2;1-4-13(2,3)12(15)18-9-7-5-6-8(16-7)10(9)17-11(6)14;1-4-11(2,3)10(15)13-9-8(14)6-5-7-12-9/h12-14H,4-11H2,1-3H3,(H,26,27,28);13-15H,6-12H2,1-5H3;1-15H;8-12H,6-7H2,1-5H3;6-10H,4-5H2,1-3H3;5-7,14H,4H2,1-3H3,(H,12,13,15)/q;;+1;;;/p-1. The van der Waals surface area contributed by atoms with Gasteiger partial charge in [-0.1, -0.05) is 129 Å². The number of alkyl halides is 3. The van der Waals surface area contributed by atoms with Gasteiger partial charge in [0.1, 0.15) is 28.7 Å². The zero-order chi connectivity index (χ0) is 88.6. The van der Waals surface area contributed by atoms with Gasteiger partial charge < -0.3 is 48.1 Å². The Morgan fingerprint density at radius 1 is 0.600 bits per heavy atom. The van der Waals surface area contributed by atoms with Gasteiger partial charge in [0.25, 0.3) is 0 Å². The van der Waals surface area contributed by atoms with Crippen molar-refractivity contribution in [2.75, 3.05) is 11.1 Å². The van der Waals surface area contributed by atoms with Crippen molar-refractivity contribution in [3.63, 3.8) is 0 Å². The van der Waals surface area contributed by atoms with Crippen molar-refractivity contribution in [1.82, 2.24) is 4.98 Å². The summed E-state index contributed by atoms with van der Waals surface area (Å²) in [5.41, 5.74) is -3.02. The van der Waals surface area contributed by atoms with E-state index >= 15 is 0 Å². The molecule has 10 bridgehead atoms. The predicted octanol–water partition coefficient (Wildman–Crippen LogP) is 21.0. The SMILES string of the molecule is CCC(C)(C)C(=O)Nc1ncccc1O.CCC(C)(C)C(=O)OC(C)(C)C12CC3CC(CC(C3)C1)C2.CCC(C)(C)C(=O)OC12CC3CC(C1)CC(C(=O)OC(CS(=O)(=O)[O-])C(F)(F)F)(C3)C2.CCC(C)(C)C(=O)OC1C2CC3C(=O)OC1C3O2.CCC(C)c1ccc(OC(C)(C)CC)cc1.c1ccc([S+](c2ccccc2)c2ccccc2)cc1. The Balaban J connectivity index is 0.000000167. The van der Waals surface area contributed by atoms with Crippen LogP contribution in [0.2, 0.25) is 0 Å². The third-order valence-corrected chi connectivity index (χ3v) is 30.4. The first kappa shape index (κ1) is 96.3. The summed E-state index contributed by atoms with van der Waals surface area (Å²) >= 11 is 0.